The van der Waals surface area contributed by atoms with Crippen molar-refractivity contribution in [2.45, 2.75) is 6.42 Å². The van der Waals surface area contributed by atoms with Crippen LogP contribution in [0.2, 0.25) is 5.02 Å². The monoisotopic (exact) mass is 356 g/mol. The minimum absolute atomic E-state index is 0.0317. The second-order valence-electron chi connectivity index (χ2n) is 4.94. The molecule has 0 aliphatic rings. The first-order valence-corrected chi connectivity index (χ1v) is 7.62. The lowest BCUT2D eigenvalue weighted by Crippen LogP contribution is -2.27. The number of carbonyl (C=O) groups excluding carboxylic acids is 1. The third-order valence-corrected chi connectivity index (χ3v) is 3.46. The van der Waals surface area contributed by atoms with Gasteiger partial charge in [0.1, 0.15) is 0 Å². The van der Waals surface area contributed by atoms with E-state index in [1.54, 1.807) is 24.3 Å². The van der Waals surface area contributed by atoms with Crippen molar-refractivity contribution in [3.8, 4) is 6.07 Å². The minimum atomic E-state index is -0.496. The molecule has 2 aromatic carbocycles. The molecule has 0 atom stereocenters. The van der Waals surface area contributed by atoms with Gasteiger partial charge in [0.25, 0.3) is 11.6 Å². The molecule has 1 amide bonds. The molecule has 126 valence electrons. The quantitative estimate of drug-likeness (QED) is 0.448. The van der Waals surface area contributed by atoms with Gasteiger partial charge in [0.15, 0.2) is 0 Å². The maximum absolute atomic E-state index is 12.5. The smallest absolute Gasteiger partial charge is 0.267 e. The topological polar surface area (TPSA) is 99.6 Å². The van der Waals surface area contributed by atoms with Crippen LogP contribution in [0.25, 0.3) is 0 Å². The summed E-state index contributed by atoms with van der Waals surface area (Å²) in [5.41, 5.74) is 0.954. The summed E-state index contributed by atoms with van der Waals surface area (Å²) in [6.07, 6.45) is 1.53. The molecule has 0 spiro atoms. The van der Waals surface area contributed by atoms with Crippen molar-refractivity contribution in [2.75, 3.05) is 6.54 Å². The highest BCUT2D eigenvalue weighted by molar-refractivity contribution is 6.30. The van der Waals surface area contributed by atoms with Gasteiger partial charge in [-0.1, -0.05) is 11.6 Å². The highest BCUT2D eigenvalue weighted by Gasteiger charge is 2.14. The van der Waals surface area contributed by atoms with Crippen LogP contribution in [0.3, 0.4) is 0 Å². The van der Waals surface area contributed by atoms with E-state index in [0.717, 1.165) is 0 Å². The van der Waals surface area contributed by atoms with E-state index in [9.17, 15) is 14.9 Å². The Kier molecular flexibility index (Phi) is 6.20. The Bertz CT molecular complexity index is 826. The van der Waals surface area contributed by atoms with Crippen LogP contribution in [0, 0.1) is 21.4 Å². The molecular weight excluding hydrogens is 344 g/mol. The van der Waals surface area contributed by atoms with Gasteiger partial charge in [-0.15, -0.1) is 0 Å². The number of nitro groups is 1. The van der Waals surface area contributed by atoms with Crippen molar-refractivity contribution in [2.24, 2.45) is 5.10 Å². The summed E-state index contributed by atoms with van der Waals surface area (Å²) < 4.78 is 0. The lowest BCUT2D eigenvalue weighted by atomic mass is 10.2. The number of halogens is 1. The van der Waals surface area contributed by atoms with Crippen LogP contribution in [0.15, 0.2) is 53.6 Å². The van der Waals surface area contributed by atoms with Crippen LogP contribution >= 0.6 is 11.6 Å². The summed E-state index contributed by atoms with van der Waals surface area (Å²) in [4.78, 5) is 22.6. The number of amides is 1. The lowest BCUT2D eigenvalue weighted by Gasteiger charge is -2.15. The number of carbonyl (C=O) groups is 1. The molecular formula is C17H13ClN4O3. The molecule has 0 saturated carbocycles. The van der Waals surface area contributed by atoms with Crippen molar-refractivity contribution in [3.63, 3.8) is 0 Å². The van der Waals surface area contributed by atoms with Gasteiger partial charge in [-0.3, -0.25) is 14.9 Å². The second kappa shape index (κ2) is 8.57. The van der Waals surface area contributed by atoms with Gasteiger partial charge in [0, 0.05) is 22.7 Å². The highest BCUT2D eigenvalue weighted by Crippen LogP contribution is 2.13. The van der Waals surface area contributed by atoms with E-state index in [0.29, 0.717) is 16.1 Å². The van der Waals surface area contributed by atoms with Crippen molar-refractivity contribution in [3.05, 3.63) is 74.8 Å². The molecule has 0 fully saturated rings. The third kappa shape index (κ3) is 5.12. The number of nitro benzene ring substituents is 1. The van der Waals surface area contributed by atoms with Gasteiger partial charge >= 0.3 is 0 Å². The van der Waals surface area contributed by atoms with E-state index in [1.165, 1.54) is 35.5 Å². The second-order valence-corrected chi connectivity index (χ2v) is 5.37. The van der Waals surface area contributed by atoms with Crippen molar-refractivity contribution >= 4 is 29.4 Å². The van der Waals surface area contributed by atoms with Crippen molar-refractivity contribution in [1.29, 1.82) is 5.26 Å². The fraction of sp³-hybridized carbons (Fsp3) is 0.118. The van der Waals surface area contributed by atoms with Gasteiger partial charge < -0.3 is 0 Å². The Balaban J connectivity index is 2.18. The highest BCUT2D eigenvalue weighted by atomic mass is 35.5. The average molecular weight is 357 g/mol. The van der Waals surface area contributed by atoms with Crippen LogP contribution in [-0.4, -0.2) is 28.6 Å². The first-order chi connectivity index (χ1) is 12.0. The molecule has 0 N–H and O–H groups in total. The number of rotatable bonds is 6. The predicted molar refractivity (Wildman–Crippen MR) is 93.4 cm³/mol. The van der Waals surface area contributed by atoms with E-state index in [-0.39, 0.29) is 24.6 Å². The van der Waals surface area contributed by atoms with E-state index < -0.39 is 4.92 Å². The molecule has 7 nitrogen and oxygen atoms in total. The number of hydrogen-bond donors (Lipinski definition) is 0. The van der Waals surface area contributed by atoms with Crippen molar-refractivity contribution < 1.29 is 9.72 Å². The Morgan fingerprint density at radius 1 is 1.24 bits per heavy atom. The molecule has 0 heterocycles. The predicted octanol–water partition coefficient (Wildman–Crippen LogP) is 3.64. The number of hydrogen-bond acceptors (Lipinski definition) is 5. The van der Waals surface area contributed by atoms with Crippen molar-refractivity contribution in [1.82, 2.24) is 5.01 Å². The lowest BCUT2D eigenvalue weighted by molar-refractivity contribution is -0.384. The van der Waals surface area contributed by atoms with Crippen LogP contribution in [-0.2, 0) is 0 Å². The summed E-state index contributed by atoms with van der Waals surface area (Å²) >= 11 is 5.81. The maximum Gasteiger partial charge on any atom is 0.273 e. The molecule has 0 aromatic heterocycles. The number of non-ortho nitro benzene ring substituents is 1. The third-order valence-electron chi connectivity index (χ3n) is 3.21. The van der Waals surface area contributed by atoms with Gasteiger partial charge in [-0.2, -0.15) is 10.4 Å². The Labute approximate surface area is 148 Å². The van der Waals surface area contributed by atoms with Gasteiger partial charge in [0.2, 0.25) is 0 Å². The number of nitriles is 1. The zero-order valence-corrected chi connectivity index (χ0v) is 13.8. The summed E-state index contributed by atoms with van der Waals surface area (Å²) in [6.45, 7) is 0.126. The maximum atomic E-state index is 12.5. The molecule has 8 heteroatoms. The first-order valence-electron chi connectivity index (χ1n) is 7.24. The molecule has 0 aliphatic heterocycles. The Hall–Kier alpha value is -3.24. The van der Waals surface area contributed by atoms with Gasteiger partial charge in [0.05, 0.1) is 30.2 Å². The summed E-state index contributed by atoms with van der Waals surface area (Å²) in [7, 11) is 0. The Morgan fingerprint density at radius 2 is 1.88 bits per heavy atom. The fourth-order valence-electron chi connectivity index (χ4n) is 1.93. The molecule has 25 heavy (non-hydrogen) atoms. The summed E-state index contributed by atoms with van der Waals surface area (Å²) in [5.74, 6) is -0.370. The first kappa shape index (κ1) is 18.1. The van der Waals surface area contributed by atoms with Crippen LogP contribution < -0.4 is 0 Å². The standard InChI is InChI=1S/C17H13ClN4O3/c18-15-6-4-14(5-7-15)17(23)21(11-1-10-19)20-12-13-2-8-16(9-3-13)22(24)25/h2-9,12H,1,11H2/b20-12+. The fourth-order valence-corrected chi connectivity index (χ4v) is 2.05. The van der Waals surface area contributed by atoms with E-state index >= 15 is 0 Å². The molecule has 2 aromatic rings. The summed E-state index contributed by atoms with van der Waals surface area (Å²) in [5, 5.41) is 25.2. The van der Waals surface area contributed by atoms with Gasteiger partial charge in [-0.05, 0) is 42.0 Å². The number of nitrogens with zero attached hydrogens (tertiary/aromatic N) is 4. The summed E-state index contributed by atoms with van der Waals surface area (Å²) in [6, 6.07) is 14.1. The SMILES string of the molecule is N#CCCN(/N=C/c1ccc([N+](=O)[O-])cc1)C(=O)c1ccc(Cl)cc1. The molecule has 0 aliphatic carbocycles. The average Bonchev–Trinajstić information content (AvgIpc) is 2.62. The van der Waals surface area contributed by atoms with E-state index in [2.05, 4.69) is 5.10 Å². The normalized spacial score (nSPS) is 10.4. The van der Waals surface area contributed by atoms with Crippen LogP contribution in [0.4, 0.5) is 5.69 Å². The molecule has 0 bridgehead atoms. The number of benzene rings is 2. The van der Waals surface area contributed by atoms with Crippen LogP contribution in [0.1, 0.15) is 22.3 Å². The number of hydrazone groups is 1. The molecule has 0 saturated heterocycles. The Morgan fingerprint density at radius 3 is 2.44 bits per heavy atom. The van der Waals surface area contributed by atoms with E-state index in [1.807, 2.05) is 6.07 Å². The van der Waals surface area contributed by atoms with Crippen LogP contribution in [0.5, 0.6) is 0 Å². The van der Waals surface area contributed by atoms with Gasteiger partial charge in [-0.25, -0.2) is 5.01 Å². The largest absolute Gasteiger partial charge is 0.273 e. The molecule has 0 radical (unpaired) electrons. The zero-order chi connectivity index (χ0) is 18.2. The zero-order valence-electron chi connectivity index (χ0n) is 13.0. The molecule has 0 unspecified atom stereocenters. The minimum Gasteiger partial charge on any atom is -0.267 e. The van der Waals surface area contributed by atoms with E-state index in [4.69, 9.17) is 16.9 Å². The molecule has 2 rings (SSSR count).